The van der Waals surface area contributed by atoms with Gasteiger partial charge in [-0.05, 0) is 60.1 Å². The first-order chi connectivity index (χ1) is 10.5. The van der Waals surface area contributed by atoms with Crippen molar-refractivity contribution in [2.45, 2.75) is 40.5 Å². The van der Waals surface area contributed by atoms with Gasteiger partial charge in [0.1, 0.15) is 0 Å². The van der Waals surface area contributed by atoms with Gasteiger partial charge < -0.3 is 4.57 Å². The smallest absolute Gasteiger partial charge is 0.0488 e. The van der Waals surface area contributed by atoms with Crippen molar-refractivity contribution >= 4 is 21.8 Å². The Morgan fingerprint density at radius 1 is 0.727 bits per heavy atom. The zero-order valence-electron chi connectivity index (χ0n) is 14.5. The van der Waals surface area contributed by atoms with E-state index in [-0.39, 0.29) is 0 Å². The average molecular weight is 293 g/mol. The van der Waals surface area contributed by atoms with E-state index < -0.39 is 0 Å². The van der Waals surface area contributed by atoms with Gasteiger partial charge in [0.05, 0.1) is 0 Å². The fraction of sp³-hybridized carbons (Fsp3) is 0.429. The highest BCUT2D eigenvalue weighted by atomic mass is 14.9. The predicted octanol–water partition coefficient (Wildman–Crippen LogP) is 5.73. The van der Waals surface area contributed by atoms with E-state index in [4.69, 9.17) is 0 Å². The number of rotatable bonds is 4. The van der Waals surface area contributed by atoms with Crippen LogP contribution in [-0.2, 0) is 19.9 Å². The van der Waals surface area contributed by atoms with Gasteiger partial charge in [0.15, 0.2) is 0 Å². The summed E-state index contributed by atoms with van der Waals surface area (Å²) >= 11 is 0. The van der Waals surface area contributed by atoms with E-state index in [2.05, 4.69) is 75.7 Å². The maximum absolute atomic E-state index is 2.40. The zero-order valence-corrected chi connectivity index (χ0v) is 14.5. The van der Waals surface area contributed by atoms with Crippen LogP contribution in [-0.4, -0.2) is 4.57 Å². The summed E-state index contributed by atoms with van der Waals surface area (Å²) in [6.07, 6.45) is 2.30. The van der Waals surface area contributed by atoms with Gasteiger partial charge in [-0.3, -0.25) is 0 Å². The maximum Gasteiger partial charge on any atom is 0.0488 e. The van der Waals surface area contributed by atoms with Crippen LogP contribution in [0.3, 0.4) is 0 Å². The van der Waals surface area contributed by atoms with Crippen molar-refractivity contribution in [2.75, 3.05) is 0 Å². The van der Waals surface area contributed by atoms with Crippen LogP contribution in [0, 0.1) is 11.8 Å². The molecule has 0 saturated carbocycles. The number of aryl methyl sites for hydroxylation is 1. The lowest BCUT2D eigenvalue weighted by Crippen LogP contribution is -1.93. The molecule has 3 aromatic rings. The van der Waals surface area contributed by atoms with Crippen molar-refractivity contribution in [2.24, 2.45) is 18.9 Å². The topological polar surface area (TPSA) is 4.93 Å². The number of hydrogen-bond donors (Lipinski definition) is 0. The molecule has 0 unspecified atom stereocenters. The molecule has 0 N–H and O–H groups in total. The number of fused-ring (bicyclic) bond motifs is 3. The summed E-state index contributed by atoms with van der Waals surface area (Å²) in [7, 11) is 2.18. The monoisotopic (exact) mass is 293 g/mol. The highest BCUT2D eigenvalue weighted by Gasteiger charge is 2.10. The lowest BCUT2D eigenvalue weighted by atomic mass is 9.99. The van der Waals surface area contributed by atoms with Crippen molar-refractivity contribution in [3.63, 3.8) is 0 Å². The van der Waals surface area contributed by atoms with Crippen molar-refractivity contribution in [1.82, 2.24) is 4.57 Å². The van der Waals surface area contributed by atoms with Gasteiger partial charge in [-0.15, -0.1) is 0 Å². The highest BCUT2D eigenvalue weighted by molar-refractivity contribution is 6.08. The minimum Gasteiger partial charge on any atom is -0.344 e. The maximum atomic E-state index is 2.40. The number of aromatic nitrogens is 1. The van der Waals surface area contributed by atoms with E-state index in [1.54, 1.807) is 0 Å². The van der Waals surface area contributed by atoms with E-state index in [9.17, 15) is 0 Å². The molecule has 0 bridgehead atoms. The summed E-state index contributed by atoms with van der Waals surface area (Å²) in [5.41, 5.74) is 5.57. The Morgan fingerprint density at radius 2 is 1.14 bits per heavy atom. The third-order valence-corrected chi connectivity index (χ3v) is 4.42. The van der Waals surface area contributed by atoms with Crippen LogP contribution < -0.4 is 0 Å². The number of benzene rings is 2. The molecule has 0 fully saturated rings. The predicted molar refractivity (Wildman–Crippen MR) is 97.5 cm³/mol. The normalized spacial score (nSPS) is 12.1. The molecule has 0 amide bonds. The van der Waals surface area contributed by atoms with Gasteiger partial charge in [0.25, 0.3) is 0 Å². The Hall–Kier alpha value is -1.76. The van der Waals surface area contributed by atoms with E-state index >= 15 is 0 Å². The van der Waals surface area contributed by atoms with E-state index in [0.717, 1.165) is 12.8 Å². The Morgan fingerprint density at radius 3 is 1.50 bits per heavy atom. The van der Waals surface area contributed by atoms with Gasteiger partial charge in [0.2, 0.25) is 0 Å². The van der Waals surface area contributed by atoms with Crippen molar-refractivity contribution in [3.05, 3.63) is 47.5 Å². The van der Waals surface area contributed by atoms with Gasteiger partial charge in [0, 0.05) is 28.9 Å². The summed E-state index contributed by atoms with van der Waals surface area (Å²) in [6.45, 7) is 9.14. The van der Waals surface area contributed by atoms with E-state index in [0.29, 0.717) is 11.8 Å². The summed E-state index contributed by atoms with van der Waals surface area (Å²) in [4.78, 5) is 0. The van der Waals surface area contributed by atoms with Crippen LogP contribution >= 0.6 is 0 Å². The van der Waals surface area contributed by atoms with Gasteiger partial charge in [-0.1, -0.05) is 39.8 Å². The molecule has 0 atom stereocenters. The molecular formula is C21H27N. The summed E-state index contributed by atoms with van der Waals surface area (Å²) in [5.74, 6) is 1.40. The Labute approximate surface area is 133 Å². The summed E-state index contributed by atoms with van der Waals surface area (Å²) < 4.78 is 2.32. The molecule has 0 radical (unpaired) electrons. The third-order valence-electron chi connectivity index (χ3n) is 4.42. The lowest BCUT2D eigenvalue weighted by molar-refractivity contribution is 0.647. The second kappa shape index (κ2) is 5.79. The molecule has 0 aliphatic rings. The fourth-order valence-electron chi connectivity index (χ4n) is 3.51. The Kier molecular flexibility index (Phi) is 3.99. The van der Waals surface area contributed by atoms with Crippen LogP contribution in [0.4, 0.5) is 0 Å². The quantitative estimate of drug-likeness (QED) is 0.579. The van der Waals surface area contributed by atoms with Gasteiger partial charge in [-0.2, -0.15) is 0 Å². The molecule has 22 heavy (non-hydrogen) atoms. The van der Waals surface area contributed by atoms with Crippen LogP contribution in [0.1, 0.15) is 38.8 Å². The third kappa shape index (κ3) is 2.77. The standard InChI is InChI=1S/C21H27N/c1-14(2)10-16-6-8-20-18(12-16)19-13-17(11-15(3)4)7-9-21(19)22(20)5/h6-9,12-15H,10-11H2,1-5H3. The fourth-order valence-corrected chi connectivity index (χ4v) is 3.51. The van der Waals surface area contributed by atoms with Crippen molar-refractivity contribution in [1.29, 1.82) is 0 Å². The molecule has 0 aliphatic carbocycles. The second-order valence-corrected chi connectivity index (χ2v) is 7.46. The van der Waals surface area contributed by atoms with Crippen molar-refractivity contribution in [3.8, 4) is 0 Å². The number of hydrogen-bond acceptors (Lipinski definition) is 0. The van der Waals surface area contributed by atoms with Gasteiger partial charge >= 0.3 is 0 Å². The Bertz CT molecular complexity index is 738. The van der Waals surface area contributed by atoms with Crippen LogP contribution in [0.5, 0.6) is 0 Å². The van der Waals surface area contributed by atoms with E-state index in [1.807, 2.05) is 0 Å². The molecule has 0 aliphatic heterocycles. The highest BCUT2D eigenvalue weighted by Crippen LogP contribution is 2.30. The minimum atomic E-state index is 0.698. The van der Waals surface area contributed by atoms with Crippen LogP contribution in [0.2, 0.25) is 0 Å². The van der Waals surface area contributed by atoms with Crippen molar-refractivity contribution < 1.29 is 0 Å². The Balaban J connectivity index is 2.19. The first-order valence-corrected chi connectivity index (χ1v) is 8.45. The molecule has 0 spiro atoms. The van der Waals surface area contributed by atoms with Crippen LogP contribution in [0.25, 0.3) is 21.8 Å². The molecule has 2 aromatic carbocycles. The summed E-state index contributed by atoms with van der Waals surface area (Å²) in [5, 5.41) is 2.81. The van der Waals surface area contributed by atoms with E-state index in [1.165, 1.54) is 32.9 Å². The second-order valence-electron chi connectivity index (χ2n) is 7.46. The molecule has 1 heterocycles. The summed E-state index contributed by atoms with van der Waals surface area (Å²) in [6, 6.07) is 13.9. The minimum absolute atomic E-state index is 0.698. The first kappa shape index (κ1) is 15.1. The zero-order chi connectivity index (χ0) is 15.9. The molecule has 3 rings (SSSR count). The molecule has 1 heteroatoms. The molecular weight excluding hydrogens is 266 g/mol. The SMILES string of the molecule is CC(C)Cc1ccc2c(c1)c1cc(CC(C)C)ccc1n2C. The van der Waals surface area contributed by atoms with Crippen LogP contribution in [0.15, 0.2) is 36.4 Å². The molecule has 1 aromatic heterocycles. The first-order valence-electron chi connectivity index (χ1n) is 8.45. The van der Waals surface area contributed by atoms with Gasteiger partial charge in [-0.25, -0.2) is 0 Å². The largest absolute Gasteiger partial charge is 0.344 e. The average Bonchev–Trinajstić information content (AvgIpc) is 2.70. The molecule has 0 saturated heterocycles. The lowest BCUT2D eigenvalue weighted by Gasteiger charge is -2.06. The number of nitrogens with zero attached hydrogens (tertiary/aromatic N) is 1. The molecule has 1 nitrogen and oxygen atoms in total. The molecule has 116 valence electrons.